The van der Waals surface area contributed by atoms with Crippen LogP contribution < -0.4 is 5.32 Å². The molecule has 4 nitrogen and oxygen atoms in total. The summed E-state index contributed by atoms with van der Waals surface area (Å²) in [4.78, 5) is 20.6. The molecule has 2 aromatic heterocycles. The van der Waals surface area contributed by atoms with E-state index in [9.17, 15) is 4.79 Å². The summed E-state index contributed by atoms with van der Waals surface area (Å²) in [5, 5.41) is 4.58. The van der Waals surface area contributed by atoms with Crippen LogP contribution in [0.15, 0.2) is 54.9 Å². The third-order valence-corrected chi connectivity index (χ3v) is 3.50. The summed E-state index contributed by atoms with van der Waals surface area (Å²) in [6, 6.07) is 13.2. The lowest BCUT2D eigenvalue weighted by molar-refractivity contribution is 0.102. The van der Waals surface area contributed by atoms with Crippen molar-refractivity contribution in [2.75, 3.05) is 5.32 Å². The van der Waals surface area contributed by atoms with Crippen LogP contribution in [-0.2, 0) is 0 Å². The summed E-state index contributed by atoms with van der Waals surface area (Å²) < 4.78 is 1.02. The number of halogens is 1. The van der Waals surface area contributed by atoms with Gasteiger partial charge >= 0.3 is 0 Å². The van der Waals surface area contributed by atoms with E-state index >= 15 is 0 Å². The molecule has 0 unspecified atom stereocenters. The first-order valence-electron chi connectivity index (χ1n) is 6.01. The highest BCUT2D eigenvalue weighted by Gasteiger charge is 2.11. The number of anilines is 1. The number of amides is 1. The van der Waals surface area contributed by atoms with Crippen molar-refractivity contribution in [3.05, 3.63) is 64.1 Å². The Labute approximate surface area is 129 Å². The molecule has 1 aromatic carbocycles. The number of hydrogen-bond donors (Lipinski definition) is 1. The van der Waals surface area contributed by atoms with Gasteiger partial charge in [0.05, 0.1) is 0 Å². The Morgan fingerprint density at radius 3 is 2.70 bits per heavy atom. The maximum Gasteiger partial charge on any atom is 0.276 e. The van der Waals surface area contributed by atoms with Crippen LogP contribution in [-0.4, -0.2) is 15.9 Å². The minimum absolute atomic E-state index is 0.254. The van der Waals surface area contributed by atoms with E-state index < -0.39 is 0 Å². The van der Waals surface area contributed by atoms with Gasteiger partial charge in [-0.25, -0.2) is 4.98 Å². The van der Waals surface area contributed by atoms with E-state index in [2.05, 4.69) is 37.9 Å². The molecule has 3 aromatic rings. The van der Waals surface area contributed by atoms with Crippen molar-refractivity contribution in [2.24, 2.45) is 0 Å². The Hall–Kier alpha value is -2.02. The number of pyridine rings is 2. The van der Waals surface area contributed by atoms with Gasteiger partial charge in [-0.2, -0.15) is 0 Å². The summed E-state index contributed by atoms with van der Waals surface area (Å²) >= 11 is 2.17. The number of nitrogens with zero attached hydrogens (tertiary/aromatic N) is 2. The van der Waals surface area contributed by atoms with E-state index in [4.69, 9.17) is 0 Å². The fourth-order valence-electron chi connectivity index (χ4n) is 1.93. The number of nitrogens with one attached hydrogen (secondary N) is 1. The number of aromatic nitrogens is 2. The largest absolute Gasteiger partial charge is 0.305 e. The molecule has 0 aliphatic carbocycles. The standard InChI is InChI=1S/C15H10IN3O/c16-11-5-6-13(18-9-11)19-15(20)14-12-4-2-1-3-10(12)7-8-17-14/h1-9H,(H,18,19,20). The number of hydrogen-bond acceptors (Lipinski definition) is 3. The first kappa shape index (κ1) is 13.0. The topological polar surface area (TPSA) is 54.9 Å². The van der Waals surface area contributed by atoms with Crippen LogP contribution >= 0.6 is 22.6 Å². The average molecular weight is 375 g/mol. The molecule has 0 fully saturated rings. The third kappa shape index (κ3) is 2.62. The highest BCUT2D eigenvalue weighted by molar-refractivity contribution is 14.1. The van der Waals surface area contributed by atoms with E-state index in [1.807, 2.05) is 36.4 Å². The molecule has 0 radical (unpaired) electrons. The summed E-state index contributed by atoms with van der Waals surface area (Å²) in [5.74, 6) is 0.264. The van der Waals surface area contributed by atoms with Crippen LogP contribution in [0.2, 0.25) is 0 Å². The lowest BCUT2D eigenvalue weighted by Crippen LogP contribution is -2.15. The SMILES string of the molecule is O=C(Nc1ccc(I)cn1)c1nccc2ccccc12. The van der Waals surface area contributed by atoms with E-state index in [-0.39, 0.29) is 5.91 Å². The zero-order valence-corrected chi connectivity index (χ0v) is 12.5. The maximum absolute atomic E-state index is 12.3. The molecule has 0 aliphatic rings. The predicted molar refractivity (Wildman–Crippen MR) is 86.7 cm³/mol. The molecule has 0 aliphatic heterocycles. The Morgan fingerprint density at radius 2 is 1.90 bits per heavy atom. The van der Waals surface area contributed by atoms with E-state index in [1.54, 1.807) is 18.5 Å². The maximum atomic E-state index is 12.3. The van der Waals surface area contributed by atoms with Crippen LogP contribution in [0.4, 0.5) is 5.82 Å². The first-order chi connectivity index (χ1) is 9.74. The first-order valence-corrected chi connectivity index (χ1v) is 7.08. The Bertz CT molecular complexity index is 766. The molecule has 3 rings (SSSR count). The smallest absolute Gasteiger partial charge is 0.276 e. The second kappa shape index (κ2) is 5.54. The lowest BCUT2D eigenvalue weighted by Gasteiger charge is -2.06. The summed E-state index contributed by atoms with van der Waals surface area (Å²) in [7, 11) is 0. The van der Waals surface area contributed by atoms with Gasteiger partial charge in [-0.1, -0.05) is 24.3 Å². The molecule has 0 spiro atoms. The predicted octanol–water partition coefficient (Wildman–Crippen LogP) is 3.49. The minimum Gasteiger partial charge on any atom is -0.305 e. The third-order valence-electron chi connectivity index (χ3n) is 2.86. The van der Waals surface area contributed by atoms with E-state index in [0.29, 0.717) is 11.5 Å². The lowest BCUT2D eigenvalue weighted by atomic mass is 10.1. The molecule has 0 saturated carbocycles. The molecule has 2 heterocycles. The highest BCUT2D eigenvalue weighted by Crippen LogP contribution is 2.17. The van der Waals surface area contributed by atoms with Crippen molar-refractivity contribution in [1.29, 1.82) is 0 Å². The van der Waals surface area contributed by atoms with Crippen molar-refractivity contribution >= 4 is 45.1 Å². The number of carbonyl (C=O) groups excluding carboxylic acids is 1. The van der Waals surface area contributed by atoms with Crippen LogP contribution in [0.3, 0.4) is 0 Å². The van der Waals surface area contributed by atoms with Crippen molar-refractivity contribution < 1.29 is 4.79 Å². The Kier molecular flexibility index (Phi) is 3.60. The van der Waals surface area contributed by atoms with Crippen molar-refractivity contribution in [3.63, 3.8) is 0 Å². The van der Waals surface area contributed by atoms with Gasteiger partial charge in [0.25, 0.3) is 5.91 Å². The summed E-state index contributed by atoms with van der Waals surface area (Å²) in [6.45, 7) is 0. The molecular weight excluding hydrogens is 365 g/mol. The minimum atomic E-state index is -0.254. The van der Waals surface area contributed by atoms with Crippen molar-refractivity contribution in [3.8, 4) is 0 Å². The summed E-state index contributed by atoms with van der Waals surface area (Å²) in [6.07, 6.45) is 3.34. The van der Waals surface area contributed by atoms with Gasteiger partial charge in [-0.05, 0) is 46.2 Å². The zero-order chi connectivity index (χ0) is 13.9. The normalized spacial score (nSPS) is 10.4. The molecule has 5 heteroatoms. The quantitative estimate of drug-likeness (QED) is 0.698. The molecule has 1 amide bonds. The average Bonchev–Trinajstić information content (AvgIpc) is 2.49. The second-order valence-electron chi connectivity index (χ2n) is 4.20. The number of fused-ring (bicyclic) bond motifs is 1. The van der Waals surface area contributed by atoms with Gasteiger partial charge in [0.1, 0.15) is 11.5 Å². The van der Waals surface area contributed by atoms with Crippen LogP contribution in [0.1, 0.15) is 10.5 Å². The van der Waals surface area contributed by atoms with Crippen molar-refractivity contribution in [2.45, 2.75) is 0 Å². The number of benzene rings is 1. The number of carbonyl (C=O) groups is 1. The van der Waals surface area contributed by atoms with Crippen LogP contribution in [0.5, 0.6) is 0 Å². The molecule has 98 valence electrons. The fourth-order valence-corrected chi connectivity index (χ4v) is 2.24. The van der Waals surface area contributed by atoms with Gasteiger partial charge in [-0.15, -0.1) is 0 Å². The van der Waals surface area contributed by atoms with Crippen LogP contribution in [0.25, 0.3) is 10.8 Å². The fraction of sp³-hybridized carbons (Fsp3) is 0. The molecule has 0 saturated heterocycles. The van der Waals surface area contributed by atoms with Crippen molar-refractivity contribution in [1.82, 2.24) is 9.97 Å². The van der Waals surface area contributed by atoms with Gasteiger partial charge < -0.3 is 5.32 Å². The molecule has 20 heavy (non-hydrogen) atoms. The Morgan fingerprint density at radius 1 is 1.05 bits per heavy atom. The van der Waals surface area contributed by atoms with Gasteiger partial charge in [0.2, 0.25) is 0 Å². The van der Waals surface area contributed by atoms with E-state index in [0.717, 1.165) is 14.3 Å². The molecule has 1 N–H and O–H groups in total. The van der Waals surface area contributed by atoms with Crippen LogP contribution in [0, 0.1) is 3.57 Å². The highest BCUT2D eigenvalue weighted by atomic mass is 127. The second-order valence-corrected chi connectivity index (χ2v) is 5.44. The van der Waals surface area contributed by atoms with E-state index in [1.165, 1.54) is 0 Å². The Balaban J connectivity index is 1.94. The van der Waals surface area contributed by atoms with Gasteiger partial charge in [-0.3, -0.25) is 9.78 Å². The molecule has 0 bridgehead atoms. The van der Waals surface area contributed by atoms with Gasteiger partial charge in [0, 0.05) is 21.4 Å². The van der Waals surface area contributed by atoms with Gasteiger partial charge in [0.15, 0.2) is 0 Å². The number of rotatable bonds is 2. The monoisotopic (exact) mass is 375 g/mol. The molecule has 0 atom stereocenters. The summed E-state index contributed by atoms with van der Waals surface area (Å²) in [5.41, 5.74) is 0.406. The zero-order valence-electron chi connectivity index (χ0n) is 10.4. The molecular formula is C15H10IN3O.